The third kappa shape index (κ3) is 5.87. The predicted molar refractivity (Wildman–Crippen MR) is 121 cm³/mol. The summed E-state index contributed by atoms with van der Waals surface area (Å²) >= 11 is 0. The molecule has 3 rings (SSSR count). The number of Topliss-reactive ketones (excluding diaryl/α,β-unsaturated/α-hetero) is 1. The van der Waals surface area contributed by atoms with Crippen LogP contribution in [0.25, 0.3) is 0 Å². The Bertz CT molecular complexity index is 1100. The molecule has 31 heavy (non-hydrogen) atoms. The SMILES string of the molecule is C=CCNS(=O)(=O)Cc1ccc(NC(=O)C2=NN(c3ccccc3)C(C(C)=O)C2)cc1. The fraction of sp³-hybridized carbons (Fsp3) is 0.227. The van der Waals surface area contributed by atoms with Crippen LogP contribution >= 0.6 is 0 Å². The summed E-state index contributed by atoms with van der Waals surface area (Å²) in [7, 11) is -3.46. The summed E-state index contributed by atoms with van der Waals surface area (Å²) in [4.78, 5) is 24.8. The summed E-state index contributed by atoms with van der Waals surface area (Å²) in [6, 6.07) is 15.2. The zero-order chi connectivity index (χ0) is 22.4. The highest BCUT2D eigenvalue weighted by Gasteiger charge is 2.34. The molecule has 0 aromatic heterocycles. The summed E-state index contributed by atoms with van der Waals surface area (Å²) in [6.45, 7) is 5.13. The first-order valence-electron chi connectivity index (χ1n) is 9.70. The topological polar surface area (TPSA) is 108 Å². The van der Waals surface area contributed by atoms with Gasteiger partial charge in [0.25, 0.3) is 5.91 Å². The Morgan fingerprint density at radius 1 is 1.16 bits per heavy atom. The number of para-hydroxylation sites is 1. The van der Waals surface area contributed by atoms with Crippen LogP contribution in [-0.4, -0.2) is 38.4 Å². The third-order valence-electron chi connectivity index (χ3n) is 4.68. The van der Waals surface area contributed by atoms with Crippen molar-refractivity contribution in [2.24, 2.45) is 5.10 Å². The maximum atomic E-state index is 12.7. The number of hydrogen-bond donors (Lipinski definition) is 2. The van der Waals surface area contributed by atoms with Crippen molar-refractivity contribution in [3.05, 3.63) is 72.8 Å². The van der Waals surface area contributed by atoms with Crippen LogP contribution in [0.1, 0.15) is 18.9 Å². The van der Waals surface area contributed by atoms with E-state index >= 15 is 0 Å². The van der Waals surface area contributed by atoms with Gasteiger partial charge in [0.15, 0.2) is 5.78 Å². The minimum atomic E-state index is -3.46. The molecule has 0 saturated carbocycles. The van der Waals surface area contributed by atoms with E-state index in [1.165, 1.54) is 13.0 Å². The largest absolute Gasteiger partial charge is 0.321 e. The van der Waals surface area contributed by atoms with Gasteiger partial charge in [-0.1, -0.05) is 36.4 Å². The van der Waals surface area contributed by atoms with Crippen LogP contribution < -0.4 is 15.0 Å². The van der Waals surface area contributed by atoms with E-state index in [1.807, 2.05) is 30.3 Å². The molecular formula is C22H24N4O4S. The lowest BCUT2D eigenvalue weighted by atomic mass is 10.1. The number of hydrazone groups is 1. The van der Waals surface area contributed by atoms with Gasteiger partial charge >= 0.3 is 0 Å². The molecule has 1 amide bonds. The van der Waals surface area contributed by atoms with E-state index < -0.39 is 22.0 Å². The number of amides is 1. The Labute approximate surface area is 181 Å². The van der Waals surface area contributed by atoms with Crippen molar-refractivity contribution in [3.63, 3.8) is 0 Å². The van der Waals surface area contributed by atoms with E-state index in [0.29, 0.717) is 11.3 Å². The van der Waals surface area contributed by atoms with Crippen LogP contribution in [0.3, 0.4) is 0 Å². The van der Waals surface area contributed by atoms with E-state index in [9.17, 15) is 18.0 Å². The number of carbonyl (C=O) groups excluding carboxylic acids is 2. The number of carbonyl (C=O) groups is 2. The van der Waals surface area contributed by atoms with Crippen LogP contribution in [-0.2, 0) is 25.4 Å². The molecule has 0 radical (unpaired) electrons. The van der Waals surface area contributed by atoms with Crippen molar-refractivity contribution in [2.75, 3.05) is 16.9 Å². The molecule has 1 aliphatic rings. The number of anilines is 2. The van der Waals surface area contributed by atoms with Gasteiger partial charge in [-0.3, -0.25) is 14.6 Å². The summed E-state index contributed by atoms with van der Waals surface area (Å²) in [5.74, 6) is -0.655. The standard InChI is InChI=1S/C22H24N4O4S/c1-3-13-23-31(29,30)15-17-9-11-18(12-10-17)24-22(28)20-14-21(16(2)27)26(25-20)19-7-5-4-6-8-19/h3-12,21,23H,1,13-15H2,2H3,(H,24,28). The highest BCUT2D eigenvalue weighted by atomic mass is 32.2. The lowest BCUT2D eigenvalue weighted by Crippen LogP contribution is -2.33. The van der Waals surface area contributed by atoms with Crippen molar-refractivity contribution in [2.45, 2.75) is 25.1 Å². The van der Waals surface area contributed by atoms with E-state index in [0.717, 1.165) is 5.69 Å². The maximum Gasteiger partial charge on any atom is 0.271 e. The molecule has 1 heterocycles. The second kappa shape index (κ2) is 9.67. The Morgan fingerprint density at radius 3 is 2.45 bits per heavy atom. The van der Waals surface area contributed by atoms with Crippen LogP contribution in [0.5, 0.6) is 0 Å². The molecule has 2 aromatic rings. The highest BCUT2D eigenvalue weighted by molar-refractivity contribution is 7.88. The average Bonchev–Trinajstić information content (AvgIpc) is 3.20. The minimum Gasteiger partial charge on any atom is -0.321 e. The Kier molecular flexibility index (Phi) is 6.98. The zero-order valence-corrected chi connectivity index (χ0v) is 17.9. The van der Waals surface area contributed by atoms with Crippen molar-refractivity contribution < 1.29 is 18.0 Å². The number of hydrogen-bond acceptors (Lipinski definition) is 6. The van der Waals surface area contributed by atoms with Gasteiger partial charge in [-0.15, -0.1) is 6.58 Å². The van der Waals surface area contributed by atoms with Crippen molar-refractivity contribution in [1.82, 2.24) is 4.72 Å². The molecule has 2 aromatic carbocycles. The summed E-state index contributed by atoms with van der Waals surface area (Å²) in [5, 5.41) is 8.70. The quantitative estimate of drug-likeness (QED) is 0.583. The van der Waals surface area contributed by atoms with Gasteiger partial charge in [-0.25, -0.2) is 13.1 Å². The average molecular weight is 441 g/mol. The van der Waals surface area contributed by atoms with Crippen LogP contribution in [0.4, 0.5) is 11.4 Å². The molecule has 0 fully saturated rings. The Hall–Kier alpha value is -3.30. The van der Waals surface area contributed by atoms with Crippen LogP contribution in [0.2, 0.25) is 0 Å². The molecule has 162 valence electrons. The van der Waals surface area contributed by atoms with Crippen molar-refractivity contribution in [3.8, 4) is 0 Å². The Balaban J connectivity index is 1.68. The zero-order valence-electron chi connectivity index (χ0n) is 17.1. The molecule has 0 saturated heterocycles. The van der Waals surface area contributed by atoms with Gasteiger partial charge in [-0.05, 0) is 36.8 Å². The summed E-state index contributed by atoms with van der Waals surface area (Å²) in [5.41, 5.74) is 2.08. The first-order valence-corrected chi connectivity index (χ1v) is 11.3. The summed E-state index contributed by atoms with van der Waals surface area (Å²) in [6.07, 6.45) is 1.68. The molecule has 8 nitrogen and oxygen atoms in total. The fourth-order valence-corrected chi connectivity index (χ4v) is 4.23. The number of nitrogens with zero attached hydrogens (tertiary/aromatic N) is 2. The van der Waals surface area contributed by atoms with E-state index in [1.54, 1.807) is 29.3 Å². The van der Waals surface area contributed by atoms with Gasteiger partial charge in [0, 0.05) is 18.7 Å². The van der Waals surface area contributed by atoms with Gasteiger partial charge < -0.3 is 5.32 Å². The Morgan fingerprint density at radius 2 is 1.84 bits per heavy atom. The number of rotatable bonds is 9. The first-order chi connectivity index (χ1) is 14.8. The molecule has 9 heteroatoms. The van der Waals surface area contributed by atoms with Gasteiger partial charge in [-0.2, -0.15) is 5.10 Å². The molecule has 1 unspecified atom stereocenters. The van der Waals surface area contributed by atoms with E-state index in [4.69, 9.17) is 0 Å². The van der Waals surface area contributed by atoms with Gasteiger partial charge in [0.05, 0.1) is 11.4 Å². The second-order valence-electron chi connectivity index (χ2n) is 7.10. The number of nitrogens with one attached hydrogen (secondary N) is 2. The molecular weight excluding hydrogens is 416 g/mol. The van der Waals surface area contributed by atoms with Crippen LogP contribution in [0.15, 0.2) is 72.4 Å². The normalized spacial score (nSPS) is 16.0. The first kappa shape index (κ1) is 22.4. The maximum absolute atomic E-state index is 12.7. The number of ketones is 1. The molecule has 0 bridgehead atoms. The monoisotopic (exact) mass is 440 g/mol. The number of benzene rings is 2. The summed E-state index contributed by atoms with van der Waals surface area (Å²) < 4.78 is 26.3. The third-order valence-corrected chi connectivity index (χ3v) is 6.00. The number of sulfonamides is 1. The second-order valence-corrected chi connectivity index (χ2v) is 8.91. The van der Waals surface area contributed by atoms with Crippen LogP contribution in [0, 0.1) is 0 Å². The smallest absolute Gasteiger partial charge is 0.271 e. The molecule has 0 spiro atoms. The van der Waals surface area contributed by atoms with Crippen molar-refractivity contribution in [1.29, 1.82) is 0 Å². The molecule has 2 N–H and O–H groups in total. The lowest BCUT2D eigenvalue weighted by molar-refractivity contribution is -0.118. The van der Waals surface area contributed by atoms with Gasteiger partial charge in [0.2, 0.25) is 10.0 Å². The molecule has 1 atom stereocenters. The minimum absolute atomic E-state index is 0.0778. The predicted octanol–water partition coefficient (Wildman–Crippen LogP) is 2.45. The van der Waals surface area contributed by atoms with Gasteiger partial charge in [0.1, 0.15) is 11.8 Å². The highest BCUT2D eigenvalue weighted by Crippen LogP contribution is 2.25. The van der Waals surface area contributed by atoms with E-state index in [-0.39, 0.29) is 30.2 Å². The lowest BCUT2D eigenvalue weighted by Gasteiger charge is -2.20. The van der Waals surface area contributed by atoms with Crippen molar-refractivity contribution >= 4 is 38.8 Å². The molecule has 1 aliphatic heterocycles. The fourth-order valence-electron chi connectivity index (χ4n) is 3.13. The van der Waals surface area contributed by atoms with E-state index in [2.05, 4.69) is 21.7 Å². The molecule has 0 aliphatic carbocycles.